The molecule has 1 saturated carbocycles. The van der Waals surface area contributed by atoms with E-state index < -0.39 is 0 Å². The first-order valence-electron chi connectivity index (χ1n) is 9.36. The van der Waals surface area contributed by atoms with Crippen molar-refractivity contribution in [1.29, 1.82) is 0 Å². The van der Waals surface area contributed by atoms with Crippen molar-refractivity contribution in [2.24, 2.45) is 11.8 Å². The van der Waals surface area contributed by atoms with Crippen LogP contribution in [0.1, 0.15) is 30.4 Å². The molecular formula is C20H26N2O3. The molecule has 3 aliphatic rings. The van der Waals surface area contributed by atoms with Gasteiger partial charge in [0.15, 0.2) is 0 Å². The Morgan fingerprint density at radius 2 is 2.08 bits per heavy atom. The molecule has 0 bridgehead atoms. The maximum absolute atomic E-state index is 13.0. The Balaban J connectivity index is 1.43. The molecule has 1 aromatic rings. The molecule has 1 aromatic carbocycles. The maximum Gasteiger partial charge on any atom is 0.228 e. The second-order valence-corrected chi connectivity index (χ2v) is 7.61. The van der Waals surface area contributed by atoms with E-state index in [1.54, 1.807) is 0 Å². The number of fused-ring (bicyclic) bond motifs is 1. The van der Waals surface area contributed by atoms with Gasteiger partial charge >= 0.3 is 0 Å². The predicted molar refractivity (Wildman–Crippen MR) is 93.7 cm³/mol. The lowest BCUT2D eigenvalue weighted by molar-refractivity contribution is -0.146. The highest BCUT2D eigenvalue weighted by Crippen LogP contribution is 2.33. The highest BCUT2D eigenvalue weighted by molar-refractivity contribution is 5.83. The Bertz CT molecular complexity index is 671. The smallest absolute Gasteiger partial charge is 0.228 e. The van der Waals surface area contributed by atoms with E-state index in [0.717, 1.165) is 18.4 Å². The van der Waals surface area contributed by atoms with Crippen LogP contribution in [-0.2, 0) is 20.9 Å². The molecule has 0 aromatic heterocycles. The second-order valence-electron chi connectivity index (χ2n) is 7.61. The topological polar surface area (TPSA) is 49.9 Å². The molecule has 3 fully saturated rings. The molecule has 134 valence electrons. The first-order valence-corrected chi connectivity index (χ1v) is 9.36. The summed E-state index contributed by atoms with van der Waals surface area (Å²) in [7, 11) is 0. The van der Waals surface area contributed by atoms with Crippen LogP contribution in [-0.4, -0.2) is 54.0 Å². The predicted octanol–water partition coefficient (Wildman–Crippen LogP) is 1.98. The minimum atomic E-state index is -0.147. The molecule has 2 aliphatic heterocycles. The molecule has 0 N–H and O–H groups in total. The largest absolute Gasteiger partial charge is 0.374 e. The van der Waals surface area contributed by atoms with Crippen molar-refractivity contribution >= 4 is 11.8 Å². The Morgan fingerprint density at radius 3 is 2.84 bits per heavy atom. The van der Waals surface area contributed by atoms with Crippen molar-refractivity contribution < 1.29 is 14.3 Å². The molecule has 2 saturated heterocycles. The molecule has 0 spiro atoms. The zero-order valence-corrected chi connectivity index (χ0v) is 14.8. The number of rotatable bonds is 3. The number of carbonyl (C=O) groups is 2. The lowest BCUT2D eigenvalue weighted by Crippen LogP contribution is -2.51. The van der Waals surface area contributed by atoms with Gasteiger partial charge in [-0.3, -0.25) is 9.59 Å². The van der Waals surface area contributed by atoms with Crippen molar-refractivity contribution in [3.8, 4) is 0 Å². The van der Waals surface area contributed by atoms with Crippen LogP contribution in [0.4, 0.5) is 0 Å². The van der Waals surface area contributed by atoms with Gasteiger partial charge in [-0.25, -0.2) is 0 Å². The van der Waals surface area contributed by atoms with Crippen molar-refractivity contribution in [3.05, 3.63) is 35.4 Å². The number of hydrogen-bond acceptors (Lipinski definition) is 3. The van der Waals surface area contributed by atoms with Crippen LogP contribution in [0.25, 0.3) is 0 Å². The number of piperidine rings is 1. The number of carbonyl (C=O) groups excluding carboxylic acids is 2. The Labute approximate surface area is 148 Å². The van der Waals surface area contributed by atoms with Crippen molar-refractivity contribution in [2.75, 3.05) is 26.2 Å². The van der Waals surface area contributed by atoms with Gasteiger partial charge in [0.05, 0.1) is 18.6 Å². The van der Waals surface area contributed by atoms with E-state index in [1.807, 2.05) is 15.9 Å². The summed E-state index contributed by atoms with van der Waals surface area (Å²) in [4.78, 5) is 29.2. The molecule has 25 heavy (non-hydrogen) atoms. The summed E-state index contributed by atoms with van der Waals surface area (Å²) in [6, 6.07) is 8.31. The molecule has 4 rings (SSSR count). The Morgan fingerprint density at radius 1 is 1.24 bits per heavy atom. The minimum Gasteiger partial charge on any atom is -0.374 e. The van der Waals surface area contributed by atoms with Gasteiger partial charge in [-0.15, -0.1) is 0 Å². The fraction of sp³-hybridized carbons (Fsp3) is 0.600. The van der Waals surface area contributed by atoms with E-state index in [-0.39, 0.29) is 29.8 Å². The van der Waals surface area contributed by atoms with Crippen LogP contribution in [0.3, 0.4) is 0 Å². The fourth-order valence-electron chi connectivity index (χ4n) is 4.00. The van der Waals surface area contributed by atoms with Crippen molar-refractivity contribution in [3.63, 3.8) is 0 Å². The Hall–Kier alpha value is -1.88. The van der Waals surface area contributed by atoms with Gasteiger partial charge in [0, 0.05) is 32.1 Å². The number of nitrogens with zero attached hydrogens (tertiary/aromatic N) is 2. The van der Waals surface area contributed by atoms with Gasteiger partial charge in [-0.05, 0) is 31.7 Å². The fourth-order valence-corrected chi connectivity index (χ4v) is 4.00. The summed E-state index contributed by atoms with van der Waals surface area (Å²) in [5.74, 6) is 0.560. The average molecular weight is 342 g/mol. The SMILES string of the molecule is Cc1cccc(CN2CCO[C@H]3CN(C(=O)C4CC4)CC[C@H]3C2=O)c1. The van der Waals surface area contributed by atoms with Crippen LogP contribution >= 0.6 is 0 Å². The lowest BCUT2D eigenvalue weighted by atomic mass is 9.92. The van der Waals surface area contributed by atoms with E-state index in [1.165, 1.54) is 5.56 Å². The van der Waals surface area contributed by atoms with Gasteiger partial charge in [0.25, 0.3) is 0 Å². The second kappa shape index (κ2) is 6.79. The maximum atomic E-state index is 13.0. The van der Waals surface area contributed by atoms with E-state index in [4.69, 9.17) is 4.74 Å². The van der Waals surface area contributed by atoms with Gasteiger partial charge in [0.2, 0.25) is 11.8 Å². The molecule has 2 atom stereocenters. The monoisotopic (exact) mass is 342 g/mol. The molecule has 1 aliphatic carbocycles. The van der Waals surface area contributed by atoms with Gasteiger partial charge in [-0.2, -0.15) is 0 Å². The van der Waals surface area contributed by atoms with Crippen molar-refractivity contribution in [1.82, 2.24) is 9.80 Å². The molecule has 0 unspecified atom stereocenters. The highest BCUT2D eigenvalue weighted by atomic mass is 16.5. The molecule has 2 heterocycles. The van der Waals surface area contributed by atoms with E-state index in [9.17, 15) is 9.59 Å². The average Bonchev–Trinajstić information content (AvgIpc) is 3.45. The third-order valence-corrected chi connectivity index (χ3v) is 5.58. The van der Waals surface area contributed by atoms with Crippen LogP contribution in [0.5, 0.6) is 0 Å². The molecule has 2 amide bonds. The highest BCUT2D eigenvalue weighted by Gasteiger charge is 2.42. The summed E-state index contributed by atoms with van der Waals surface area (Å²) in [6.07, 6.45) is 2.61. The summed E-state index contributed by atoms with van der Waals surface area (Å²) in [5.41, 5.74) is 2.37. The lowest BCUT2D eigenvalue weighted by Gasteiger charge is -2.37. The first kappa shape index (κ1) is 16.6. The first-order chi connectivity index (χ1) is 12.1. The van der Waals surface area contributed by atoms with Crippen LogP contribution in [0.15, 0.2) is 24.3 Å². The van der Waals surface area contributed by atoms with Crippen LogP contribution < -0.4 is 0 Å². The normalized spacial score (nSPS) is 27.0. The summed E-state index contributed by atoms with van der Waals surface area (Å²) < 4.78 is 5.99. The van der Waals surface area contributed by atoms with E-state index in [0.29, 0.717) is 39.2 Å². The number of aryl methyl sites for hydroxylation is 1. The zero-order chi connectivity index (χ0) is 17.4. The Kier molecular flexibility index (Phi) is 4.50. The van der Waals surface area contributed by atoms with Gasteiger partial charge in [0.1, 0.15) is 0 Å². The number of benzene rings is 1. The molecular weight excluding hydrogens is 316 g/mol. The third kappa shape index (κ3) is 3.56. The number of ether oxygens (including phenoxy) is 1. The van der Waals surface area contributed by atoms with Crippen LogP contribution in [0.2, 0.25) is 0 Å². The van der Waals surface area contributed by atoms with Crippen molar-refractivity contribution in [2.45, 2.75) is 38.8 Å². The summed E-state index contributed by atoms with van der Waals surface area (Å²) in [6.45, 7) is 5.13. The van der Waals surface area contributed by atoms with E-state index in [2.05, 4.69) is 25.1 Å². The van der Waals surface area contributed by atoms with Gasteiger partial charge < -0.3 is 14.5 Å². The quantitative estimate of drug-likeness (QED) is 0.844. The number of hydrogen-bond donors (Lipinski definition) is 0. The molecule has 5 heteroatoms. The minimum absolute atomic E-state index is 0.115. The number of likely N-dealkylation sites (tertiary alicyclic amines) is 1. The summed E-state index contributed by atoms with van der Waals surface area (Å²) >= 11 is 0. The standard InChI is InChI=1S/C20H26N2O3/c1-14-3-2-4-15(11-14)12-22-9-10-25-18-13-21(19(23)16-5-6-16)8-7-17(18)20(22)24/h2-4,11,16-18H,5-10,12-13H2,1H3/t17-,18+/m1/s1. The van der Waals surface area contributed by atoms with Gasteiger partial charge in [-0.1, -0.05) is 29.8 Å². The van der Waals surface area contributed by atoms with Crippen LogP contribution in [0, 0.1) is 18.8 Å². The molecule has 5 nitrogen and oxygen atoms in total. The third-order valence-electron chi connectivity index (χ3n) is 5.58. The summed E-state index contributed by atoms with van der Waals surface area (Å²) in [5, 5.41) is 0. The number of amides is 2. The van der Waals surface area contributed by atoms with E-state index >= 15 is 0 Å². The molecule has 0 radical (unpaired) electrons. The zero-order valence-electron chi connectivity index (χ0n) is 14.8.